The summed E-state index contributed by atoms with van der Waals surface area (Å²) in [5.74, 6) is 3.49. The topological polar surface area (TPSA) is 17.8 Å². The molecule has 0 radical (unpaired) electrons. The Morgan fingerprint density at radius 3 is 2.89 bits per heavy atom. The minimum absolute atomic E-state index is 0.641. The van der Waals surface area contributed by atoms with Crippen LogP contribution in [0.2, 0.25) is 0 Å². The molecule has 2 aromatic rings. The van der Waals surface area contributed by atoms with Gasteiger partial charge in [-0.05, 0) is 42.9 Å². The van der Waals surface area contributed by atoms with Gasteiger partial charge in [-0.15, -0.1) is 11.6 Å². The molecule has 3 heteroatoms. The lowest BCUT2D eigenvalue weighted by atomic mass is 10.2. The monoisotopic (exact) mass is 262 g/mol. The number of imidazole rings is 1. The third-order valence-corrected chi connectivity index (χ3v) is 4.18. The van der Waals surface area contributed by atoms with Crippen LogP contribution in [0.1, 0.15) is 24.7 Å². The van der Waals surface area contributed by atoms with Crippen LogP contribution in [0.25, 0.3) is 11.0 Å². The van der Waals surface area contributed by atoms with Crippen LogP contribution in [0.15, 0.2) is 18.2 Å². The van der Waals surface area contributed by atoms with Gasteiger partial charge in [0.2, 0.25) is 0 Å². The van der Waals surface area contributed by atoms with Gasteiger partial charge in [0.15, 0.2) is 0 Å². The predicted octanol–water partition coefficient (Wildman–Crippen LogP) is 3.78. The Morgan fingerprint density at radius 2 is 2.22 bits per heavy atom. The van der Waals surface area contributed by atoms with Crippen molar-refractivity contribution in [3.8, 4) is 0 Å². The molecule has 2 unspecified atom stereocenters. The van der Waals surface area contributed by atoms with Gasteiger partial charge < -0.3 is 4.57 Å². The normalized spacial score (nSPS) is 22.6. The minimum atomic E-state index is 0.641. The molecule has 1 aromatic carbocycles. The first kappa shape index (κ1) is 12.0. The van der Waals surface area contributed by atoms with Crippen molar-refractivity contribution in [2.45, 2.75) is 33.2 Å². The SMILES string of the molecule is Cc1ccc2c(c1)nc(CCCl)n2CC1CC1C. The third kappa shape index (κ3) is 2.14. The Labute approximate surface area is 113 Å². The molecule has 0 aliphatic heterocycles. The van der Waals surface area contributed by atoms with Crippen molar-refractivity contribution in [1.29, 1.82) is 0 Å². The van der Waals surface area contributed by atoms with E-state index in [0.29, 0.717) is 5.88 Å². The molecule has 2 nitrogen and oxygen atoms in total. The van der Waals surface area contributed by atoms with E-state index in [9.17, 15) is 0 Å². The summed E-state index contributed by atoms with van der Waals surface area (Å²) in [5.41, 5.74) is 3.65. The number of alkyl halides is 1. The van der Waals surface area contributed by atoms with E-state index in [2.05, 4.69) is 36.6 Å². The van der Waals surface area contributed by atoms with Crippen molar-refractivity contribution in [3.63, 3.8) is 0 Å². The fourth-order valence-electron chi connectivity index (χ4n) is 2.66. The van der Waals surface area contributed by atoms with Crippen molar-refractivity contribution in [2.24, 2.45) is 11.8 Å². The van der Waals surface area contributed by atoms with Gasteiger partial charge in [-0.1, -0.05) is 13.0 Å². The average molecular weight is 263 g/mol. The second-order valence-electron chi connectivity index (χ2n) is 5.54. The van der Waals surface area contributed by atoms with E-state index >= 15 is 0 Å². The van der Waals surface area contributed by atoms with E-state index in [0.717, 1.165) is 36.1 Å². The van der Waals surface area contributed by atoms with Crippen LogP contribution >= 0.6 is 11.6 Å². The molecular formula is C15H19ClN2. The lowest BCUT2D eigenvalue weighted by Crippen LogP contribution is -2.06. The van der Waals surface area contributed by atoms with Crippen molar-refractivity contribution in [1.82, 2.24) is 9.55 Å². The molecule has 1 aromatic heterocycles. The first-order valence-electron chi connectivity index (χ1n) is 6.70. The highest BCUT2D eigenvalue weighted by Crippen LogP contribution is 2.40. The highest BCUT2D eigenvalue weighted by molar-refractivity contribution is 6.17. The number of hydrogen-bond acceptors (Lipinski definition) is 1. The molecule has 1 aliphatic rings. The molecule has 18 heavy (non-hydrogen) atoms. The quantitative estimate of drug-likeness (QED) is 0.767. The Kier molecular flexibility index (Phi) is 3.06. The second-order valence-corrected chi connectivity index (χ2v) is 5.92. The van der Waals surface area contributed by atoms with Crippen LogP contribution in [0.5, 0.6) is 0 Å². The first-order chi connectivity index (χ1) is 8.69. The van der Waals surface area contributed by atoms with Crippen LogP contribution in [0.4, 0.5) is 0 Å². The third-order valence-electron chi connectivity index (χ3n) is 3.99. The summed E-state index contributed by atoms with van der Waals surface area (Å²) in [6, 6.07) is 6.53. The number of hydrogen-bond donors (Lipinski definition) is 0. The number of aromatic nitrogens is 2. The molecule has 0 spiro atoms. The maximum absolute atomic E-state index is 5.89. The molecule has 96 valence electrons. The van der Waals surface area contributed by atoms with Crippen molar-refractivity contribution in [3.05, 3.63) is 29.6 Å². The molecule has 1 aliphatic carbocycles. The molecule has 0 bridgehead atoms. The zero-order valence-corrected chi connectivity index (χ0v) is 11.7. The molecule has 2 atom stereocenters. The van der Waals surface area contributed by atoms with Crippen molar-refractivity contribution < 1.29 is 0 Å². The Morgan fingerprint density at radius 1 is 1.44 bits per heavy atom. The van der Waals surface area contributed by atoms with Crippen LogP contribution in [0.3, 0.4) is 0 Å². The lowest BCUT2D eigenvalue weighted by molar-refractivity contribution is 0.585. The molecule has 1 heterocycles. The first-order valence-corrected chi connectivity index (χ1v) is 7.24. The van der Waals surface area contributed by atoms with Crippen LogP contribution < -0.4 is 0 Å². The summed E-state index contributed by atoms with van der Waals surface area (Å²) >= 11 is 5.89. The maximum Gasteiger partial charge on any atom is 0.111 e. The number of halogens is 1. The highest BCUT2D eigenvalue weighted by atomic mass is 35.5. The summed E-state index contributed by atoms with van der Waals surface area (Å²) in [6.07, 6.45) is 2.21. The summed E-state index contributed by atoms with van der Waals surface area (Å²) in [6.45, 7) is 5.55. The molecule has 1 fully saturated rings. The van der Waals surface area contributed by atoms with E-state index in [1.54, 1.807) is 0 Å². The van der Waals surface area contributed by atoms with E-state index in [-0.39, 0.29) is 0 Å². The van der Waals surface area contributed by atoms with E-state index in [1.807, 2.05) is 0 Å². The van der Waals surface area contributed by atoms with E-state index < -0.39 is 0 Å². The Hall–Kier alpha value is -1.02. The summed E-state index contributed by atoms with van der Waals surface area (Å²) in [4.78, 5) is 4.75. The number of aryl methyl sites for hydroxylation is 2. The molecule has 3 rings (SSSR count). The summed E-state index contributed by atoms with van der Waals surface area (Å²) < 4.78 is 2.38. The number of nitrogens with zero attached hydrogens (tertiary/aromatic N) is 2. The average Bonchev–Trinajstić information content (AvgIpc) is 2.92. The van der Waals surface area contributed by atoms with Crippen molar-refractivity contribution in [2.75, 3.05) is 5.88 Å². The molecule has 1 saturated carbocycles. The summed E-state index contributed by atoms with van der Waals surface area (Å²) in [5, 5.41) is 0. The van der Waals surface area contributed by atoms with Gasteiger partial charge in [-0.25, -0.2) is 4.98 Å². The number of fused-ring (bicyclic) bond motifs is 1. The molecule has 0 N–H and O–H groups in total. The number of rotatable bonds is 4. The Bertz CT molecular complexity index is 573. The maximum atomic E-state index is 5.89. The largest absolute Gasteiger partial charge is 0.328 e. The standard InChI is InChI=1S/C15H19ClN2/c1-10-3-4-14-13(7-10)17-15(5-6-16)18(14)9-12-8-11(12)2/h3-4,7,11-12H,5-6,8-9H2,1-2H3. The molecule has 0 amide bonds. The van der Waals surface area contributed by atoms with E-state index in [4.69, 9.17) is 16.6 Å². The smallest absolute Gasteiger partial charge is 0.111 e. The zero-order valence-electron chi connectivity index (χ0n) is 11.0. The van der Waals surface area contributed by atoms with Gasteiger partial charge in [0.25, 0.3) is 0 Å². The fraction of sp³-hybridized carbons (Fsp3) is 0.533. The minimum Gasteiger partial charge on any atom is -0.328 e. The lowest BCUT2D eigenvalue weighted by Gasteiger charge is -2.07. The van der Waals surface area contributed by atoms with Crippen LogP contribution in [0, 0.1) is 18.8 Å². The van der Waals surface area contributed by atoms with Gasteiger partial charge in [0.1, 0.15) is 5.82 Å². The molecule has 0 saturated heterocycles. The van der Waals surface area contributed by atoms with Crippen molar-refractivity contribution >= 4 is 22.6 Å². The van der Waals surface area contributed by atoms with Crippen LogP contribution in [-0.4, -0.2) is 15.4 Å². The highest BCUT2D eigenvalue weighted by Gasteiger charge is 2.33. The Balaban J connectivity index is 2.03. The second kappa shape index (κ2) is 4.58. The predicted molar refractivity (Wildman–Crippen MR) is 76.2 cm³/mol. The number of benzene rings is 1. The zero-order chi connectivity index (χ0) is 12.7. The van der Waals surface area contributed by atoms with Gasteiger partial charge in [-0.2, -0.15) is 0 Å². The van der Waals surface area contributed by atoms with Gasteiger partial charge >= 0.3 is 0 Å². The van der Waals surface area contributed by atoms with E-state index in [1.165, 1.54) is 17.5 Å². The van der Waals surface area contributed by atoms with Gasteiger partial charge in [0, 0.05) is 18.8 Å². The molecular weight excluding hydrogens is 244 g/mol. The van der Waals surface area contributed by atoms with Crippen LogP contribution in [-0.2, 0) is 13.0 Å². The van der Waals surface area contributed by atoms with Gasteiger partial charge in [-0.3, -0.25) is 0 Å². The van der Waals surface area contributed by atoms with Gasteiger partial charge in [0.05, 0.1) is 11.0 Å². The fourth-order valence-corrected chi connectivity index (χ4v) is 2.83. The summed E-state index contributed by atoms with van der Waals surface area (Å²) in [7, 11) is 0.